The number of rotatable bonds is 1. The van der Waals surface area contributed by atoms with Crippen LogP contribution in [0.4, 0.5) is 0 Å². The van der Waals surface area contributed by atoms with Crippen molar-refractivity contribution in [1.29, 1.82) is 0 Å². The van der Waals surface area contributed by atoms with Crippen molar-refractivity contribution < 1.29 is 9.59 Å². The number of aryl methyl sites for hydroxylation is 1. The number of carbonyl (C=O) groups is 2. The molecule has 0 saturated carbocycles. The van der Waals surface area contributed by atoms with Gasteiger partial charge in [0, 0.05) is 26.1 Å². The summed E-state index contributed by atoms with van der Waals surface area (Å²) in [5, 5.41) is 5.14. The summed E-state index contributed by atoms with van der Waals surface area (Å²) in [7, 11) is 0. The van der Waals surface area contributed by atoms with E-state index >= 15 is 0 Å². The standard InChI is InChI=1S/C11H13ClN2O2S/c1-7-6-17-10(9(7)12)11(16)14-4-2-8(15)13-3-5-14/h6H,2-5H2,1H3,(H,13,15). The van der Waals surface area contributed by atoms with Gasteiger partial charge >= 0.3 is 0 Å². The van der Waals surface area contributed by atoms with Crippen molar-refractivity contribution in [2.45, 2.75) is 13.3 Å². The smallest absolute Gasteiger partial charge is 0.265 e. The zero-order valence-electron chi connectivity index (χ0n) is 9.46. The lowest BCUT2D eigenvalue weighted by Crippen LogP contribution is -2.33. The van der Waals surface area contributed by atoms with Crippen LogP contribution in [0.2, 0.25) is 5.02 Å². The van der Waals surface area contributed by atoms with Crippen LogP contribution >= 0.6 is 22.9 Å². The summed E-state index contributed by atoms with van der Waals surface area (Å²) >= 11 is 7.43. The molecule has 0 bridgehead atoms. The first-order valence-electron chi connectivity index (χ1n) is 5.39. The fourth-order valence-corrected chi connectivity index (χ4v) is 2.93. The minimum absolute atomic E-state index is 0.00578. The van der Waals surface area contributed by atoms with Gasteiger partial charge in [0.05, 0.1) is 5.02 Å². The molecule has 6 heteroatoms. The van der Waals surface area contributed by atoms with E-state index in [1.54, 1.807) is 4.90 Å². The SMILES string of the molecule is Cc1csc(C(=O)N2CCNC(=O)CC2)c1Cl. The molecular formula is C11H13ClN2O2S. The van der Waals surface area contributed by atoms with Crippen LogP contribution in [0.1, 0.15) is 21.7 Å². The van der Waals surface area contributed by atoms with Gasteiger partial charge in [-0.3, -0.25) is 9.59 Å². The van der Waals surface area contributed by atoms with Crippen LogP contribution in [0.15, 0.2) is 5.38 Å². The summed E-state index contributed by atoms with van der Waals surface area (Å²) < 4.78 is 0. The van der Waals surface area contributed by atoms with Gasteiger partial charge in [0.15, 0.2) is 0 Å². The second kappa shape index (κ2) is 5.06. The van der Waals surface area contributed by atoms with Crippen molar-refractivity contribution >= 4 is 34.8 Å². The molecule has 0 aliphatic carbocycles. The zero-order valence-corrected chi connectivity index (χ0v) is 11.0. The summed E-state index contributed by atoms with van der Waals surface area (Å²) in [6.45, 7) is 3.38. The van der Waals surface area contributed by atoms with Gasteiger partial charge in [0.2, 0.25) is 5.91 Å². The molecule has 17 heavy (non-hydrogen) atoms. The molecule has 0 spiro atoms. The number of halogens is 1. The Balaban J connectivity index is 2.14. The van der Waals surface area contributed by atoms with Crippen LogP contribution in [-0.4, -0.2) is 36.3 Å². The van der Waals surface area contributed by atoms with Crippen molar-refractivity contribution in [2.24, 2.45) is 0 Å². The van der Waals surface area contributed by atoms with E-state index in [4.69, 9.17) is 11.6 Å². The highest BCUT2D eigenvalue weighted by atomic mass is 35.5. The Morgan fingerprint density at radius 2 is 2.29 bits per heavy atom. The molecule has 0 radical (unpaired) electrons. The van der Waals surface area contributed by atoms with E-state index in [-0.39, 0.29) is 11.8 Å². The minimum atomic E-state index is -0.0791. The highest BCUT2D eigenvalue weighted by molar-refractivity contribution is 7.13. The number of nitrogens with one attached hydrogen (secondary N) is 1. The van der Waals surface area contributed by atoms with Crippen LogP contribution < -0.4 is 5.32 Å². The first-order chi connectivity index (χ1) is 8.09. The molecule has 2 amide bonds. The predicted octanol–water partition coefficient (Wildman–Crippen LogP) is 1.67. The maximum absolute atomic E-state index is 12.2. The van der Waals surface area contributed by atoms with Crippen LogP contribution in [0, 0.1) is 6.92 Å². The summed E-state index contributed by atoms with van der Waals surface area (Å²) in [6.07, 6.45) is 0.355. The van der Waals surface area contributed by atoms with E-state index in [9.17, 15) is 9.59 Å². The third-order valence-electron chi connectivity index (χ3n) is 2.69. The molecule has 1 saturated heterocycles. The van der Waals surface area contributed by atoms with Crippen molar-refractivity contribution in [1.82, 2.24) is 10.2 Å². The van der Waals surface area contributed by atoms with Gasteiger partial charge in [-0.05, 0) is 17.9 Å². The monoisotopic (exact) mass is 272 g/mol. The maximum atomic E-state index is 12.2. The minimum Gasteiger partial charge on any atom is -0.354 e. The van der Waals surface area contributed by atoms with Crippen LogP contribution in [0.5, 0.6) is 0 Å². The van der Waals surface area contributed by atoms with Crippen molar-refractivity contribution in [3.8, 4) is 0 Å². The Labute approximate surface area is 109 Å². The Hall–Kier alpha value is -1.07. The summed E-state index contributed by atoms with van der Waals surface area (Å²) in [5.74, 6) is -0.0849. The molecule has 4 nitrogen and oxygen atoms in total. The average molecular weight is 273 g/mol. The van der Waals surface area contributed by atoms with Gasteiger partial charge in [0.1, 0.15) is 4.88 Å². The zero-order chi connectivity index (χ0) is 12.4. The van der Waals surface area contributed by atoms with E-state index in [1.165, 1.54) is 11.3 Å². The lowest BCUT2D eigenvalue weighted by molar-refractivity contribution is -0.120. The van der Waals surface area contributed by atoms with Gasteiger partial charge in [-0.15, -0.1) is 11.3 Å². The molecule has 1 aromatic rings. The lowest BCUT2D eigenvalue weighted by atomic mass is 10.3. The molecular weight excluding hydrogens is 260 g/mol. The first-order valence-corrected chi connectivity index (χ1v) is 6.65. The molecule has 0 aromatic carbocycles. The molecule has 0 unspecified atom stereocenters. The Bertz CT molecular complexity index is 458. The van der Waals surface area contributed by atoms with E-state index in [0.29, 0.717) is 36.0 Å². The van der Waals surface area contributed by atoms with Crippen molar-refractivity contribution in [3.05, 3.63) is 20.8 Å². The Morgan fingerprint density at radius 1 is 1.53 bits per heavy atom. The normalized spacial score (nSPS) is 16.6. The number of hydrogen-bond donors (Lipinski definition) is 1. The number of hydrogen-bond acceptors (Lipinski definition) is 3. The maximum Gasteiger partial charge on any atom is 0.265 e. The van der Waals surface area contributed by atoms with Gasteiger partial charge in [0.25, 0.3) is 5.91 Å². The Morgan fingerprint density at radius 3 is 2.94 bits per heavy atom. The highest BCUT2D eigenvalue weighted by Gasteiger charge is 2.23. The Kier molecular flexibility index (Phi) is 3.69. The fraction of sp³-hybridized carbons (Fsp3) is 0.455. The fourth-order valence-electron chi connectivity index (χ4n) is 1.69. The van der Waals surface area contributed by atoms with E-state index in [2.05, 4.69) is 5.32 Å². The molecule has 1 fully saturated rings. The summed E-state index contributed by atoms with van der Waals surface area (Å²) in [5.41, 5.74) is 0.920. The topological polar surface area (TPSA) is 49.4 Å². The third-order valence-corrected chi connectivity index (χ3v) is 4.38. The third kappa shape index (κ3) is 2.61. The molecule has 1 N–H and O–H groups in total. The molecule has 1 aromatic heterocycles. The molecule has 2 heterocycles. The van der Waals surface area contributed by atoms with Crippen molar-refractivity contribution in [2.75, 3.05) is 19.6 Å². The van der Waals surface area contributed by atoms with E-state index < -0.39 is 0 Å². The summed E-state index contributed by atoms with van der Waals surface area (Å²) in [4.78, 5) is 25.6. The molecule has 0 atom stereocenters. The quantitative estimate of drug-likeness (QED) is 0.845. The van der Waals surface area contributed by atoms with Crippen LogP contribution in [0.3, 0.4) is 0 Å². The number of nitrogens with zero attached hydrogens (tertiary/aromatic N) is 1. The van der Waals surface area contributed by atoms with Gasteiger partial charge in [-0.2, -0.15) is 0 Å². The van der Waals surface area contributed by atoms with Gasteiger partial charge in [-0.25, -0.2) is 0 Å². The van der Waals surface area contributed by atoms with Crippen LogP contribution in [-0.2, 0) is 4.79 Å². The lowest BCUT2D eigenvalue weighted by Gasteiger charge is -2.18. The van der Waals surface area contributed by atoms with Gasteiger partial charge in [-0.1, -0.05) is 11.6 Å². The molecule has 2 rings (SSSR count). The second-order valence-corrected chi connectivity index (χ2v) is 5.21. The highest BCUT2D eigenvalue weighted by Crippen LogP contribution is 2.28. The number of carbonyl (C=O) groups excluding carboxylic acids is 2. The largest absolute Gasteiger partial charge is 0.354 e. The number of thiophene rings is 1. The van der Waals surface area contributed by atoms with Gasteiger partial charge < -0.3 is 10.2 Å². The van der Waals surface area contributed by atoms with Crippen molar-refractivity contribution in [3.63, 3.8) is 0 Å². The second-order valence-electron chi connectivity index (χ2n) is 3.95. The van der Waals surface area contributed by atoms with E-state index in [1.807, 2.05) is 12.3 Å². The molecule has 92 valence electrons. The molecule has 1 aliphatic heterocycles. The van der Waals surface area contributed by atoms with E-state index in [0.717, 1.165) is 5.56 Å². The summed E-state index contributed by atoms with van der Waals surface area (Å²) in [6, 6.07) is 0. The average Bonchev–Trinajstić information content (AvgIpc) is 2.53. The molecule has 1 aliphatic rings. The first kappa shape index (κ1) is 12.4. The predicted molar refractivity (Wildman–Crippen MR) is 67.6 cm³/mol. The van der Waals surface area contributed by atoms with Crippen LogP contribution in [0.25, 0.3) is 0 Å². The number of amides is 2.